The van der Waals surface area contributed by atoms with Gasteiger partial charge in [-0.05, 0) is 11.1 Å². The molecule has 14 heavy (non-hydrogen) atoms. The first-order chi connectivity index (χ1) is 6.84. The molecule has 0 fully saturated rings. The molecule has 0 saturated carbocycles. The summed E-state index contributed by atoms with van der Waals surface area (Å²) in [4.78, 5) is 15.2. The van der Waals surface area contributed by atoms with Crippen molar-refractivity contribution in [2.75, 3.05) is 0 Å². The lowest BCUT2D eigenvalue weighted by Gasteiger charge is -2.19. The number of hydrogen-bond acceptors (Lipinski definition) is 3. The van der Waals surface area contributed by atoms with E-state index in [1.807, 2.05) is 12.1 Å². The second-order valence-electron chi connectivity index (χ2n) is 3.60. The molecule has 3 heteroatoms. The highest BCUT2D eigenvalue weighted by atomic mass is 16.5. The average Bonchev–Trinajstić information content (AvgIpc) is 2.54. The SMILES string of the molecule is O=C1C=N[C@@H]2c3ccccc3C[C@@H]2O1. The van der Waals surface area contributed by atoms with Gasteiger partial charge < -0.3 is 4.74 Å². The van der Waals surface area contributed by atoms with Crippen molar-refractivity contribution in [2.24, 2.45) is 4.99 Å². The maximum atomic E-state index is 11.0. The maximum Gasteiger partial charge on any atom is 0.349 e. The topological polar surface area (TPSA) is 38.7 Å². The Bertz CT molecular complexity index is 425. The lowest BCUT2D eigenvalue weighted by Crippen LogP contribution is -2.26. The molecular weight excluding hydrogens is 178 g/mol. The fraction of sp³-hybridized carbons (Fsp3) is 0.273. The number of ether oxygens (including phenoxy) is 1. The molecule has 3 nitrogen and oxygen atoms in total. The molecule has 1 aliphatic heterocycles. The van der Waals surface area contributed by atoms with E-state index < -0.39 is 0 Å². The summed E-state index contributed by atoms with van der Waals surface area (Å²) >= 11 is 0. The van der Waals surface area contributed by atoms with Crippen LogP contribution in [0.3, 0.4) is 0 Å². The zero-order chi connectivity index (χ0) is 9.54. The van der Waals surface area contributed by atoms with Gasteiger partial charge >= 0.3 is 5.97 Å². The van der Waals surface area contributed by atoms with Crippen LogP contribution in [0.2, 0.25) is 0 Å². The first-order valence-electron chi connectivity index (χ1n) is 4.66. The highest BCUT2D eigenvalue weighted by molar-refractivity contribution is 6.23. The Labute approximate surface area is 81.4 Å². The summed E-state index contributed by atoms with van der Waals surface area (Å²) in [6, 6.07) is 8.14. The van der Waals surface area contributed by atoms with Crippen LogP contribution in [0.1, 0.15) is 17.2 Å². The number of benzene rings is 1. The zero-order valence-electron chi connectivity index (χ0n) is 7.51. The van der Waals surface area contributed by atoms with Gasteiger partial charge in [-0.15, -0.1) is 0 Å². The van der Waals surface area contributed by atoms with Gasteiger partial charge in [0.2, 0.25) is 0 Å². The fourth-order valence-corrected chi connectivity index (χ4v) is 2.14. The third kappa shape index (κ3) is 0.985. The Balaban J connectivity index is 2.07. The van der Waals surface area contributed by atoms with Gasteiger partial charge in [-0.25, -0.2) is 4.79 Å². The van der Waals surface area contributed by atoms with Crippen LogP contribution in [0.15, 0.2) is 29.3 Å². The van der Waals surface area contributed by atoms with Crippen LogP contribution in [-0.4, -0.2) is 18.3 Å². The van der Waals surface area contributed by atoms with E-state index in [1.165, 1.54) is 17.3 Å². The Hall–Kier alpha value is -1.64. The number of carbonyl (C=O) groups is 1. The lowest BCUT2D eigenvalue weighted by atomic mass is 10.1. The quantitative estimate of drug-likeness (QED) is 0.574. The largest absolute Gasteiger partial charge is 0.455 e. The Kier molecular flexibility index (Phi) is 1.48. The molecule has 0 saturated heterocycles. The zero-order valence-corrected chi connectivity index (χ0v) is 7.51. The molecule has 0 spiro atoms. The molecule has 0 amide bonds. The van der Waals surface area contributed by atoms with Gasteiger partial charge in [0.15, 0.2) is 0 Å². The standard InChI is InChI=1S/C11H9NO2/c13-10-6-12-11-8-4-2-1-3-7(8)5-9(11)14-10/h1-4,6,9,11H,5H2/t9-,11+/m0/s1. The van der Waals surface area contributed by atoms with Gasteiger partial charge in [0, 0.05) is 6.42 Å². The van der Waals surface area contributed by atoms with Crippen LogP contribution in [0, 0.1) is 0 Å². The number of esters is 1. The van der Waals surface area contributed by atoms with E-state index in [2.05, 4.69) is 17.1 Å². The van der Waals surface area contributed by atoms with Crippen molar-refractivity contribution in [3.63, 3.8) is 0 Å². The number of carbonyl (C=O) groups excluding carboxylic acids is 1. The van der Waals surface area contributed by atoms with Crippen LogP contribution >= 0.6 is 0 Å². The molecule has 3 rings (SSSR count). The molecule has 1 aromatic rings. The predicted octanol–water partition coefficient (Wildman–Crippen LogP) is 1.28. The first-order valence-corrected chi connectivity index (χ1v) is 4.66. The summed E-state index contributed by atoms with van der Waals surface area (Å²) in [5.41, 5.74) is 2.44. The molecule has 1 aromatic carbocycles. The van der Waals surface area contributed by atoms with Crippen molar-refractivity contribution >= 4 is 12.2 Å². The Morgan fingerprint density at radius 1 is 1.36 bits per heavy atom. The fourth-order valence-electron chi connectivity index (χ4n) is 2.14. The van der Waals surface area contributed by atoms with Gasteiger partial charge in [-0.3, -0.25) is 4.99 Å². The Morgan fingerprint density at radius 3 is 3.14 bits per heavy atom. The minimum atomic E-state index is -0.320. The van der Waals surface area contributed by atoms with Crippen molar-refractivity contribution in [3.05, 3.63) is 35.4 Å². The predicted molar refractivity (Wildman–Crippen MR) is 51.3 cm³/mol. The molecule has 0 N–H and O–H groups in total. The van der Waals surface area contributed by atoms with E-state index >= 15 is 0 Å². The van der Waals surface area contributed by atoms with Crippen LogP contribution in [-0.2, 0) is 16.0 Å². The molecule has 0 radical (unpaired) electrons. The van der Waals surface area contributed by atoms with Crippen molar-refractivity contribution < 1.29 is 9.53 Å². The van der Waals surface area contributed by atoms with Crippen LogP contribution < -0.4 is 0 Å². The molecular formula is C11H9NO2. The van der Waals surface area contributed by atoms with Gasteiger partial charge in [0.05, 0.1) is 0 Å². The third-order valence-electron chi connectivity index (χ3n) is 2.76. The monoisotopic (exact) mass is 187 g/mol. The molecule has 1 heterocycles. The van der Waals surface area contributed by atoms with Crippen molar-refractivity contribution in [2.45, 2.75) is 18.6 Å². The van der Waals surface area contributed by atoms with E-state index in [1.54, 1.807) is 0 Å². The van der Waals surface area contributed by atoms with Gasteiger partial charge in [-0.1, -0.05) is 24.3 Å². The average molecular weight is 187 g/mol. The highest BCUT2D eigenvalue weighted by Crippen LogP contribution is 2.37. The van der Waals surface area contributed by atoms with Gasteiger partial charge in [-0.2, -0.15) is 0 Å². The van der Waals surface area contributed by atoms with E-state index in [4.69, 9.17) is 4.74 Å². The summed E-state index contributed by atoms with van der Waals surface area (Å²) in [7, 11) is 0. The number of hydrogen-bond donors (Lipinski definition) is 0. The third-order valence-corrected chi connectivity index (χ3v) is 2.76. The maximum absolute atomic E-state index is 11.0. The van der Waals surface area contributed by atoms with Crippen molar-refractivity contribution in [3.8, 4) is 0 Å². The number of rotatable bonds is 0. The minimum Gasteiger partial charge on any atom is -0.455 e. The molecule has 70 valence electrons. The van der Waals surface area contributed by atoms with Crippen LogP contribution in [0.4, 0.5) is 0 Å². The van der Waals surface area contributed by atoms with Gasteiger partial charge in [0.25, 0.3) is 0 Å². The smallest absolute Gasteiger partial charge is 0.349 e. The summed E-state index contributed by atoms with van der Waals surface area (Å²) in [6.45, 7) is 0. The first kappa shape index (κ1) is 7.74. The molecule has 0 bridgehead atoms. The summed E-state index contributed by atoms with van der Waals surface area (Å²) < 4.78 is 5.20. The second kappa shape index (κ2) is 2.67. The molecule has 0 unspecified atom stereocenters. The van der Waals surface area contributed by atoms with Crippen molar-refractivity contribution in [1.82, 2.24) is 0 Å². The molecule has 2 atom stereocenters. The van der Waals surface area contributed by atoms with E-state index in [9.17, 15) is 4.79 Å². The number of nitrogens with zero attached hydrogens (tertiary/aromatic N) is 1. The van der Waals surface area contributed by atoms with E-state index in [-0.39, 0.29) is 18.1 Å². The minimum absolute atomic E-state index is 0.0314. The lowest BCUT2D eigenvalue weighted by molar-refractivity contribution is -0.142. The molecule has 2 aliphatic rings. The molecule has 1 aliphatic carbocycles. The summed E-state index contributed by atoms with van der Waals surface area (Å²) in [5.74, 6) is -0.320. The van der Waals surface area contributed by atoms with E-state index in [0.717, 1.165) is 6.42 Å². The highest BCUT2D eigenvalue weighted by Gasteiger charge is 2.36. The summed E-state index contributed by atoms with van der Waals surface area (Å²) in [5, 5.41) is 0. The Morgan fingerprint density at radius 2 is 2.21 bits per heavy atom. The van der Waals surface area contributed by atoms with Crippen molar-refractivity contribution in [1.29, 1.82) is 0 Å². The summed E-state index contributed by atoms with van der Waals surface area (Å²) in [6.07, 6.45) is 2.00. The van der Waals surface area contributed by atoms with E-state index in [0.29, 0.717) is 0 Å². The van der Waals surface area contributed by atoms with Crippen LogP contribution in [0.5, 0.6) is 0 Å². The second-order valence-corrected chi connectivity index (χ2v) is 3.60. The number of aliphatic imine (C=N–C) groups is 1. The van der Waals surface area contributed by atoms with Gasteiger partial charge in [0.1, 0.15) is 18.4 Å². The number of fused-ring (bicyclic) bond motifs is 3. The molecule has 0 aromatic heterocycles. The van der Waals surface area contributed by atoms with Crippen LogP contribution in [0.25, 0.3) is 0 Å². The normalized spacial score (nSPS) is 28.1.